The molecule has 25 heavy (non-hydrogen) atoms. The Balaban J connectivity index is 1.80. The van der Waals surface area contributed by atoms with Gasteiger partial charge in [-0.3, -0.25) is 4.57 Å². The van der Waals surface area contributed by atoms with E-state index in [9.17, 15) is 10.2 Å². The van der Waals surface area contributed by atoms with Crippen molar-refractivity contribution in [1.82, 2.24) is 19.5 Å². The van der Waals surface area contributed by atoms with Gasteiger partial charge in [0.15, 0.2) is 23.2 Å². The highest BCUT2D eigenvalue weighted by atomic mass is 127. The highest BCUT2D eigenvalue weighted by molar-refractivity contribution is 14.1. The number of imidazole rings is 1. The first kappa shape index (κ1) is 18.1. The zero-order valence-electron chi connectivity index (χ0n) is 13.1. The maximum absolute atomic E-state index is 10.3. The van der Waals surface area contributed by atoms with Gasteiger partial charge in [0.1, 0.15) is 18.5 Å². The van der Waals surface area contributed by atoms with Crippen LogP contribution in [0.1, 0.15) is 12.6 Å². The lowest BCUT2D eigenvalue weighted by Gasteiger charge is -2.16. The van der Waals surface area contributed by atoms with Gasteiger partial charge in [0.2, 0.25) is 0 Å². The first-order valence-corrected chi connectivity index (χ1v) is 9.19. The number of nitrogens with one attached hydrogen (secondary N) is 1. The second-order valence-electron chi connectivity index (χ2n) is 5.48. The molecule has 0 amide bonds. The van der Waals surface area contributed by atoms with Crippen LogP contribution in [-0.2, 0) is 4.74 Å². The SMILES string of the molecule is [N-]=[N+]=NCCCNc1ncnc2c1ncn2[C@@H]1O[C@H](CI)[C@@H](O)[C@H]1O. The number of halogens is 1. The van der Waals surface area contributed by atoms with E-state index in [0.717, 1.165) is 0 Å². The zero-order chi connectivity index (χ0) is 17.8. The third-order valence-electron chi connectivity index (χ3n) is 3.91. The second kappa shape index (κ2) is 8.10. The third-order valence-corrected chi connectivity index (χ3v) is 4.78. The molecule has 4 atom stereocenters. The van der Waals surface area contributed by atoms with E-state index in [1.165, 1.54) is 12.7 Å². The number of hydrogen-bond acceptors (Lipinski definition) is 8. The molecule has 1 saturated heterocycles. The number of hydrogen-bond donors (Lipinski definition) is 3. The molecule has 0 bridgehead atoms. The molecule has 2 aromatic heterocycles. The molecule has 1 fully saturated rings. The molecule has 0 aliphatic carbocycles. The summed E-state index contributed by atoms with van der Waals surface area (Å²) >= 11 is 2.10. The van der Waals surface area contributed by atoms with Gasteiger partial charge in [-0.1, -0.05) is 27.7 Å². The summed E-state index contributed by atoms with van der Waals surface area (Å²) in [5.41, 5.74) is 9.30. The van der Waals surface area contributed by atoms with Crippen molar-refractivity contribution in [1.29, 1.82) is 0 Å². The summed E-state index contributed by atoms with van der Waals surface area (Å²) < 4.78 is 7.90. The smallest absolute Gasteiger partial charge is 0.167 e. The minimum absolute atomic E-state index is 0.393. The average molecular weight is 460 g/mol. The van der Waals surface area contributed by atoms with Gasteiger partial charge in [-0.15, -0.1) is 0 Å². The van der Waals surface area contributed by atoms with Crippen LogP contribution in [-0.4, -0.2) is 65.6 Å². The number of rotatable bonds is 7. The van der Waals surface area contributed by atoms with E-state index in [-0.39, 0.29) is 0 Å². The molecule has 0 spiro atoms. The minimum atomic E-state index is -1.06. The van der Waals surface area contributed by atoms with E-state index < -0.39 is 24.5 Å². The second-order valence-corrected chi connectivity index (χ2v) is 6.36. The van der Waals surface area contributed by atoms with Crippen LogP contribution < -0.4 is 5.32 Å². The van der Waals surface area contributed by atoms with Gasteiger partial charge in [-0.2, -0.15) is 0 Å². The van der Waals surface area contributed by atoms with Gasteiger partial charge in [0.05, 0.1) is 12.4 Å². The van der Waals surface area contributed by atoms with Gasteiger partial charge in [-0.25, -0.2) is 15.0 Å². The molecule has 12 heteroatoms. The Hall–Kier alpha value is -1.73. The Morgan fingerprint density at radius 3 is 2.92 bits per heavy atom. The van der Waals surface area contributed by atoms with Crippen LogP contribution in [0.3, 0.4) is 0 Å². The van der Waals surface area contributed by atoms with Gasteiger partial charge in [-0.05, 0) is 12.0 Å². The van der Waals surface area contributed by atoms with Crippen LogP contribution >= 0.6 is 22.6 Å². The molecule has 0 aromatic carbocycles. The normalized spacial score (nSPS) is 25.9. The van der Waals surface area contributed by atoms with E-state index in [1.54, 1.807) is 4.57 Å². The van der Waals surface area contributed by atoms with E-state index in [4.69, 9.17) is 10.3 Å². The lowest BCUT2D eigenvalue weighted by molar-refractivity contribution is -0.0283. The molecule has 1 aliphatic rings. The molecule has 0 radical (unpaired) electrons. The summed E-state index contributed by atoms with van der Waals surface area (Å²) in [7, 11) is 0. The number of aliphatic hydroxyl groups is 2. The molecule has 2 aromatic rings. The third kappa shape index (κ3) is 3.62. The lowest BCUT2D eigenvalue weighted by atomic mass is 10.1. The highest BCUT2D eigenvalue weighted by Crippen LogP contribution is 2.32. The van der Waals surface area contributed by atoms with Crippen molar-refractivity contribution >= 4 is 39.6 Å². The van der Waals surface area contributed by atoms with Crippen LogP contribution in [0.25, 0.3) is 21.6 Å². The van der Waals surface area contributed by atoms with Crippen molar-refractivity contribution in [2.75, 3.05) is 22.8 Å². The summed E-state index contributed by atoms with van der Waals surface area (Å²) in [6.07, 6.45) is 0.340. The standard InChI is InChI=1S/C13H17IN8O3/c14-4-7-9(23)10(24)13(25-7)22-6-19-8-11(17-5-18-12(8)22)16-2-1-3-20-21-15/h5-7,9-10,13,23-24H,1-4H2,(H,16,17,18)/t7-,9-,10-,13-/m1/s1. The molecular weight excluding hydrogens is 443 g/mol. The van der Waals surface area contributed by atoms with Crippen LogP contribution in [0.4, 0.5) is 5.82 Å². The quantitative estimate of drug-likeness (QED) is 0.139. The van der Waals surface area contributed by atoms with Gasteiger partial charge in [0, 0.05) is 22.4 Å². The van der Waals surface area contributed by atoms with E-state index in [0.29, 0.717) is 40.9 Å². The molecule has 134 valence electrons. The fourth-order valence-electron chi connectivity index (χ4n) is 2.66. The Kier molecular flexibility index (Phi) is 5.86. The molecule has 3 heterocycles. The number of aromatic nitrogens is 4. The summed E-state index contributed by atoms with van der Waals surface area (Å²) in [5, 5.41) is 26.9. The summed E-state index contributed by atoms with van der Waals surface area (Å²) in [5.74, 6) is 0.545. The fourth-order valence-corrected chi connectivity index (χ4v) is 3.38. The Labute approximate surface area is 156 Å². The number of anilines is 1. The molecule has 3 N–H and O–H groups in total. The Morgan fingerprint density at radius 1 is 1.36 bits per heavy atom. The first-order chi connectivity index (χ1) is 12.2. The predicted molar refractivity (Wildman–Crippen MR) is 97.3 cm³/mol. The number of alkyl halides is 1. The van der Waals surface area contributed by atoms with Crippen molar-refractivity contribution in [3.05, 3.63) is 23.1 Å². The Bertz CT molecular complexity index is 780. The number of ether oxygens (including phenoxy) is 1. The average Bonchev–Trinajstić information content (AvgIpc) is 3.17. The molecule has 3 rings (SSSR count). The molecule has 11 nitrogen and oxygen atoms in total. The largest absolute Gasteiger partial charge is 0.387 e. The summed E-state index contributed by atoms with van der Waals surface area (Å²) in [6, 6.07) is 0. The van der Waals surface area contributed by atoms with Crippen LogP contribution in [0.15, 0.2) is 17.8 Å². The van der Waals surface area contributed by atoms with E-state index in [2.05, 4.69) is 52.9 Å². The number of fused-ring (bicyclic) bond motifs is 1. The maximum Gasteiger partial charge on any atom is 0.167 e. The number of nitrogens with zero attached hydrogens (tertiary/aromatic N) is 7. The van der Waals surface area contributed by atoms with Crippen molar-refractivity contribution in [2.45, 2.75) is 31.0 Å². The molecular formula is C13H17IN8O3. The monoisotopic (exact) mass is 460 g/mol. The zero-order valence-corrected chi connectivity index (χ0v) is 15.3. The predicted octanol–water partition coefficient (Wildman–Crippen LogP) is 0.993. The highest BCUT2D eigenvalue weighted by Gasteiger charge is 2.43. The minimum Gasteiger partial charge on any atom is -0.387 e. The molecule has 0 unspecified atom stereocenters. The van der Waals surface area contributed by atoms with Crippen LogP contribution in [0.2, 0.25) is 0 Å². The van der Waals surface area contributed by atoms with Crippen LogP contribution in [0, 0.1) is 0 Å². The van der Waals surface area contributed by atoms with Crippen molar-refractivity contribution in [3.63, 3.8) is 0 Å². The lowest BCUT2D eigenvalue weighted by Crippen LogP contribution is -2.32. The summed E-state index contributed by atoms with van der Waals surface area (Å²) in [6.45, 7) is 0.958. The number of azide groups is 1. The van der Waals surface area contributed by atoms with E-state index >= 15 is 0 Å². The number of aliphatic hydroxyl groups excluding tert-OH is 2. The molecule has 0 saturated carbocycles. The van der Waals surface area contributed by atoms with Gasteiger partial charge < -0.3 is 20.3 Å². The van der Waals surface area contributed by atoms with Crippen molar-refractivity contribution in [2.24, 2.45) is 5.11 Å². The fraction of sp³-hybridized carbons (Fsp3) is 0.615. The van der Waals surface area contributed by atoms with Crippen LogP contribution in [0.5, 0.6) is 0 Å². The molecule has 1 aliphatic heterocycles. The van der Waals surface area contributed by atoms with Gasteiger partial charge in [0.25, 0.3) is 0 Å². The van der Waals surface area contributed by atoms with Gasteiger partial charge >= 0.3 is 0 Å². The maximum atomic E-state index is 10.3. The summed E-state index contributed by atoms with van der Waals surface area (Å²) in [4.78, 5) is 15.4. The van der Waals surface area contributed by atoms with Crippen molar-refractivity contribution < 1.29 is 14.9 Å². The Morgan fingerprint density at radius 2 is 2.20 bits per heavy atom. The van der Waals surface area contributed by atoms with E-state index in [1.807, 2.05) is 0 Å². The topological polar surface area (TPSA) is 154 Å². The van der Waals surface area contributed by atoms with Crippen molar-refractivity contribution in [3.8, 4) is 0 Å². The first-order valence-electron chi connectivity index (χ1n) is 7.67.